The maximum Gasteiger partial charge on any atom is 0.308 e. The first-order chi connectivity index (χ1) is 9.16. The minimum atomic E-state index is -0.571. The Balaban J connectivity index is 1.80. The zero-order valence-corrected chi connectivity index (χ0v) is 11.9. The second kappa shape index (κ2) is 5.08. The van der Waals surface area contributed by atoms with Crippen molar-refractivity contribution in [2.75, 3.05) is 0 Å². The largest absolute Gasteiger partial charge is 0.481 e. The number of nitrogens with one attached hydrogen (secondary N) is 1. The molecule has 2 aliphatic carbocycles. The van der Waals surface area contributed by atoms with Gasteiger partial charge in [0.05, 0.1) is 5.92 Å². The quantitative estimate of drug-likeness (QED) is 0.763. The fourth-order valence-corrected chi connectivity index (χ4v) is 4.97. The molecule has 0 aromatic heterocycles. The van der Waals surface area contributed by atoms with Gasteiger partial charge in [-0.1, -0.05) is 44.9 Å². The van der Waals surface area contributed by atoms with Gasteiger partial charge >= 0.3 is 5.97 Å². The predicted octanol–water partition coefficient (Wildman–Crippen LogP) is 3.48. The highest BCUT2D eigenvalue weighted by atomic mass is 16.4. The van der Waals surface area contributed by atoms with Crippen molar-refractivity contribution < 1.29 is 9.90 Å². The summed E-state index contributed by atoms with van der Waals surface area (Å²) in [6.07, 6.45) is 14.5. The van der Waals surface area contributed by atoms with E-state index in [0.29, 0.717) is 5.54 Å². The van der Waals surface area contributed by atoms with Gasteiger partial charge in [-0.25, -0.2) is 0 Å². The average molecular weight is 265 g/mol. The summed E-state index contributed by atoms with van der Waals surface area (Å²) in [4.78, 5) is 11.6. The first kappa shape index (κ1) is 13.4. The summed E-state index contributed by atoms with van der Waals surface area (Å²) in [7, 11) is 0. The molecule has 0 amide bonds. The van der Waals surface area contributed by atoms with Gasteiger partial charge in [-0.2, -0.15) is 0 Å². The van der Waals surface area contributed by atoms with Gasteiger partial charge in [0.15, 0.2) is 0 Å². The first-order valence-corrected chi connectivity index (χ1v) is 8.18. The molecule has 0 spiro atoms. The maximum atomic E-state index is 11.6. The SMILES string of the molecule is O=C(O)C1CCCC23CCCCCCCCC1(C2)N3. The lowest BCUT2D eigenvalue weighted by atomic mass is 9.63. The number of carboxylic acids is 1. The second-order valence-corrected chi connectivity index (χ2v) is 7.14. The summed E-state index contributed by atoms with van der Waals surface area (Å²) in [5, 5.41) is 13.4. The third-order valence-corrected chi connectivity index (χ3v) is 5.81. The van der Waals surface area contributed by atoms with Crippen molar-refractivity contribution in [1.82, 2.24) is 5.32 Å². The van der Waals surface area contributed by atoms with Crippen LogP contribution in [-0.4, -0.2) is 22.2 Å². The number of rotatable bonds is 1. The standard InChI is InChI=1S/C16H27NO2/c18-14(19)13-8-7-10-15-9-5-3-1-2-4-6-11-16(13,12-15)17-15/h13,17H,1-12H2,(H,18,19). The maximum absolute atomic E-state index is 11.6. The van der Waals surface area contributed by atoms with Crippen molar-refractivity contribution in [3.8, 4) is 0 Å². The van der Waals surface area contributed by atoms with Crippen molar-refractivity contribution >= 4 is 5.97 Å². The van der Waals surface area contributed by atoms with Crippen LogP contribution in [0.5, 0.6) is 0 Å². The number of carboxylic acid groups (broad SMARTS) is 1. The smallest absolute Gasteiger partial charge is 0.308 e. The highest BCUT2D eigenvalue weighted by molar-refractivity contribution is 5.72. The van der Waals surface area contributed by atoms with Gasteiger partial charge in [-0.3, -0.25) is 4.79 Å². The van der Waals surface area contributed by atoms with Crippen LogP contribution in [0.15, 0.2) is 0 Å². The molecule has 2 N–H and O–H groups in total. The summed E-state index contributed by atoms with van der Waals surface area (Å²) in [6, 6.07) is 0. The Morgan fingerprint density at radius 3 is 2.21 bits per heavy atom. The molecule has 3 unspecified atom stereocenters. The van der Waals surface area contributed by atoms with E-state index in [4.69, 9.17) is 0 Å². The molecule has 4 rings (SSSR count). The van der Waals surface area contributed by atoms with Crippen molar-refractivity contribution in [3.63, 3.8) is 0 Å². The predicted molar refractivity (Wildman–Crippen MR) is 75.1 cm³/mol. The van der Waals surface area contributed by atoms with Crippen LogP contribution in [0.4, 0.5) is 0 Å². The molecular formula is C16H27NO2. The molecule has 2 bridgehead atoms. The number of aliphatic carboxylic acids is 1. The Bertz CT molecular complexity index is 347. The van der Waals surface area contributed by atoms with Gasteiger partial charge in [0, 0.05) is 11.1 Å². The molecule has 2 saturated carbocycles. The van der Waals surface area contributed by atoms with E-state index in [0.717, 1.165) is 25.7 Å². The van der Waals surface area contributed by atoms with Gasteiger partial charge in [0.2, 0.25) is 0 Å². The Morgan fingerprint density at radius 1 is 0.947 bits per heavy atom. The van der Waals surface area contributed by atoms with E-state index in [1.165, 1.54) is 51.4 Å². The topological polar surface area (TPSA) is 49.3 Å². The number of fused-ring (bicyclic) bond motifs is 3. The normalized spacial score (nSPS) is 43.5. The number of hydrogen-bond donors (Lipinski definition) is 2. The molecular weight excluding hydrogens is 238 g/mol. The van der Waals surface area contributed by atoms with E-state index in [-0.39, 0.29) is 11.5 Å². The molecule has 3 heteroatoms. The molecule has 4 aliphatic rings. The molecule has 3 atom stereocenters. The van der Waals surface area contributed by atoms with E-state index < -0.39 is 5.97 Å². The molecule has 2 aliphatic heterocycles. The van der Waals surface area contributed by atoms with Gasteiger partial charge in [0.25, 0.3) is 0 Å². The second-order valence-electron chi connectivity index (χ2n) is 7.14. The average Bonchev–Trinajstić information content (AvgIpc) is 2.61. The summed E-state index contributed by atoms with van der Waals surface area (Å²) in [6.45, 7) is 0. The molecule has 0 radical (unpaired) electrons. The molecule has 108 valence electrons. The molecule has 0 aromatic carbocycles. The van der Waals surface area contributed by atoms with Crippen molar-refractivity contribution in [1.29, 1.82) is 0 Å². The van der Waals surface area contributed by atoms with Gasteiger partial charge in [0.1, 0.15) is 0 Å². The highest BCUT2D eigenvalue weighted by Crippen LogP contribution is 2.52. The summed E-state index contributed by atoms with van der Waals surface area (Å²) in [5.41, 5.74) is 0.237. The lowest BCUT2D eigenvalue weighted by Crippen LogP contribution is -2.74. The lowest BCUT2D eigenvalue weighted by Gasteiger charge is -2.59. The Kier molecular flexibility index (Phi) is 3.59. The van der Waals surface area contributed by atoms with Crippen LogP contribution in [0.1, 0.15) is 77.0 Å². The zero-order chi connectivity index (χ0) is 13.3. The fraction of sp³-hybridized carbons (Fsp3) is 0.938. The van der Waals surface area contributed by atoms with Crippen LogP contribution in [0.3, 0.4) is 0 Å². The van der Waals surface area contributed by atoms with Crippen LogP contribution >= 0.6 is 0 Å². The summed E-state index contributed by atoms with van der Waals surface area (Å²) in [5.74, 6) is -0.721. The third kappa shape index (κ3) is 2.42. The summed E-state index contributed by atoms with van der Waals surface area (Å²) >= 11 is 0. The summed E-state index contributed by atoms with van der Waals surface area (Å²) < 4.78 is 0. The molecule has 2 heterocycles. The fourth-order valence-electron chi connectivity index (χ4n) is 4.97. The molecule has 2 saturated heterocycles. The van der Waals surface area contributed by atoms with Crippen LogP contribution in [0.25, 0.3) is 0 Å². The Hall–Kier alpha value is -0.570. The highest BCUT2D eigenvalue weighted by Gasteiger charge is 2.59. The number of hydrogen-bond acceptors (Lipinski definition) is 2. The number of carbonyl (C=O) groups is 1. The van der Waals surface area contributed by atoms with Crippen LogP contribution in [-0.2, 0) is 4.79 Å². The third-order valence-electron chi connectivity index (χ3n) is 5.81. The first-order valence-electron chi connectivity index (χ1n) is 8.18. The van der Waals surface area contributed by atoms with Crippen LogP contribution < -0.4 is 5.32 Å². The zero-order valence-electron chi connectivity index (χ0n) is 11.9. The minimum absolute atomic E-state index is 0.0628. The Labute approximate surface area is 116 Å². The van der Waals surface area contributed by atoms with E-state index in [1.54, 1.807) is 0 Å². The van der Waals surface area contributed by atoms with E-state index in [9.17, 15) is 9.90 Å². The van der Waals surface area contributed by atoms with Crippen molar-refractivity contribution in [2.45, 2.75) is 88.1 Å². The van der Waals surface area contributed by atoms with E-state index in [1.807, 2.05) is 0 Å². The lowest BCUT2D eigenvalue weighted by molar-refractivity contribution is -0.149. The van der Waals surface area contributed by atoms with E-state index in [2.05, 4.69) is 5.32 Å². The van der Waals surface area contributed by atoms with Gasteiger partial charge < -0.3 is 10.4 Å². The van der Waals surface area contributed by atoms with E-state index >= 15 is 0 Å². The molecule has 3 nitrogen and oxygen atoms in total. The molecule has 0 aromatic rings. The Morgan fingerprint density at radius 2 is 1.53 bits per heavy atom. The van der Waals surface area contributed by atoms with Crippen molar-refractivity contribution in [3.05, 3.63) is 0 Å². The molecule has 4 fully saturated rings. The minimum Gasteiger partial charge on any atom is -0.481 e. The molecule has 19 heavy (non-hydrogen) atoms. The van der Waals surface area contributed by atoms with Gasteiger partial charge in [-0.05, 0) is 32.1 Å². The van der Waals surface area contributed by atoms with Crippen molar-refractivity contribution in [2.24, 2.45) is 5.92 Å². The van der Waals surface area contributed by atoms with Crippen LogP contribution in [0.2, 0.25) is 0 Å². The van der Waals surface area contributed by atoms with Gasteiger partial charge in [-0.15, -0.1) is 0 Å². The monoisotopic (exact) mass is 265 g/mol. The van der Waals surface area contributed by atoms with Crippen LogP contribution in [0, 0.1) is 5.92 Å².